The molecule has 128 valence electrons. The molecule has 0 aliphatic heterocycles. The molecule has 3 aromatic heterocycles. The largest absolute Gasteiger partial charge is 0.467 e. The fourth-order valence-electron chi connectivity index (χ4n) is 2.40. The van der Waals surface area contributed by atoms with E-state index in [1.54, 1.807) is 12.1 Å². The number of nitrogens with zero attached hydrogens (tertiary/aromatic N) is 3. The van der Waals surface area contributed by atoms with Gasteiger partial charge < -0.3 is 24.5 Å². The molecule has 0 amide bonds. The molecule has 0 unspecified atom stereocenters. The van der Waals surface area contributed by atoms with Crippen molar-refractivity contribution < 1.29 is 14.6 Å². The van der Waals surface area contributed by atoms with E-state index in [4.69, 9.17) is 9.52 Å². The minimum Gasteiger partial charge on any atom is -0.467 e. The Morgan fingerprint density at radius 1 is 1.46 bits per heavy atom. The van der Waals surface area contributed by atoms with Crippen molar-refractivity contribution in [2.24, 2.45) is 7.05 Å². The highest BCUT2D eigenvalue weighted by Crippen LogP contribution is 2.17. The lowest BCUT2D eigenvalue weighted by molar-refractivity contribution is 0.0824. The van der Waals surface area contributed by atoms with Gasteiger partial charge in [0.1, 0.15) is 5.76 Å². The number of H-pyrrole nitrogens is 1. The normalized spacial score (nSPS) is 12.6. The highest BCUT2D eigenvalue weighted by molar-refractivity contribution is 5.74. The molecule has 0 radical (unpaired) electrons. The highest BCUT2D eigenvalue weighted by Gasteiger charge is 2.19. The second-order valence-electron chi connectivity index (χ2n) is 5.31. The molecule has 1 atom stereocenters. The van der Waals surface area contributed by atoms with Crippen molar-refractivity contribution in [3.05, 3.63) is 45.0 Å². The summed E-state index contributed by atoms with van der Waals surface area (Å²) in [5, 5.41) is 21.8. The maximum absolute atomic E-state index is 12.2. The van der Waals surface area contributed by atoms with Crippen LogP contribution in [0.1, 0.15) is 5.76 Å². The molecular weight excluding hydrogens is 318 g/mol. The SMILES string of the molecule is Cn1c(=O)[nH]c(=O)c2c1nc(NCc1ccco1)n2C[C@@H](O)CO. The number of aromatic amines is 1. The number of fused-ring (bicyclic) bond motifs is 1. The van der Waals surface area contributed by atoms with Crippen LogP contribution in [0.15, 0.2) is 32.4 Å². The van der Waals surface area contributed by atoms with Crippen molar-refractivity contribution in [1.82, 2.24) is 19.1 Å². The molecule has 0 aliphatic carbocycles. The molecule has 0 saturated heterocycles. The molecule has 3 rings (SSSR count). The van der Waals surface area contributed by atoms with Crippen molar-refractivity contribution in [2.45, 2.75) is 19.2 Å². The maximum atomic E-state index is 12.2. The minimum absolute atomic E-state index is 0.0607. The number of hydrogen-bond acceptors (Lipinski definition) is 7. The zero-order valence-corrected chi connectivity index (χ0v) is 12.9. The molecule has 4 N–H and O–H groups in total. The molecule has 10 nitrogen and oxygen atoms in total. The number of aromatic nitrogens is 4. The van der Waals surface area contributed by atoms with Gasteiger partial charge in [0.2, 0.25) is 5.95 Å². The number of rotatable bonds is 6. The first-order valence-electron chi connectivity index (χ1n) is 7.26. The number of imidazole rings is 1. The Morgan fingerprint density at radius 3 is 2.92 bits per heavy atom. The van der Waals surface area contributed by atoms with Crippen LogP contribution in [0.4, 0.5) is 5.95 Å². The van der Waals surface area contributed by atoms with Crippen molar-refractivity contribution in [3.8, 4) is 0 Å². The monoisotopic (exact) mass is 335 g/mol. The van der Waals surface area contributed by atoms with Crippen molar-refractivity contribution in [3.63, 3.8) is 0 Å². The van der Waals surface area contributed by atoms with E-state index in [1.807, 2.05) is 0 Å². The maximum Gasteiger partial charge on any atom is 0.329 e. The van der Waals surface area contributed by atoms with Gasteiger partial charge in [-0.1, -0.05) is 0 Å². The first kappa shape index (κ1) is 16.0. The first-order valence-corrected chi connectivity index (χ1v) is 7.26. The minimum atomic E-state index is -1.08. The van der Waals surface area contributed by atoms with Crippen LogP contribution < -0.4 is 16.6 Å². The molecule has 0 spiro atoms. The molecule has 10 heteroatoms. The van der Waals surface area contributed by atoms with Gasteiger partial charge in [-0.15, -0.1) is 0 Å². The van der Waals surface area contributed by atoms with Crippen molar-refractivity contribution in [2.75, 3.05) is 11.9 Å². The van der Waals surface area contributed by atoms with E-state index in [-0.39, 0.29) is 23.7 Å². The van der Waals surface area contributed by atoms with Gasteiger partial charge in [0.25, 0.3) is 5.56 Å². The number of anilines is 1. The van der Waals surface area contributed by atoms with Crippen LogP contribution in [0.2, 0.25) is 0 Å². The standard InChI is InChI=1S/C14H17N5O5/c1-18-11-10(12(22)17-14(18)23)19(6-8(21)7-20)13(16-11)15-5-9-3-2-4-24-9/h2-4,8,20-21H,5-7H2,1H3,(H,15,16)(H,17,22,23)/t8-/m1/s1. The summed E-state index contributed by atoms with van der Waals surface area (Å²) in [6.45, 7) is -0.229. The highest BCUT2D eigenvalue weighted by atomic mass is 16.3. The van der Waals surface area contributed by atoms with Gasteiger partial charge in [0, 0.05) is 7.05 Å². The Morgan fingerprint density at radius 2 is 2.25 bits per heavy atom. The third-order valence-corrected chi connectivity index (χ3v) is 3.61. The first-order chi connectivity index (χ1) is 11.5. The summed E-state index contributed by atoms with van der Waals surface area (Å²) in [5.74, 6) is 0.930. The lowest BCUT2D eigenvalue weighted by Crippen LogP contribution is -2.30. The number of aliphatic hydroxyl groups is 2. The Labute approximate surface area is 135 Å². The summed E-state index contributed by atoms with van der Waals surface area (Å²) in [4.78, 5) is 30.4. The second kappa shape index (κ2) is 6.34. The number of furan rings is 1. The fourth-order valence-corrected chi connectivity index (χ4v) is 2.40. The van der Waals surface area contributed by atoms with Gasteiger partial charge in [0.15, 0.2) is 11.2 Å². The molecule has 3 heterocycles. The van der Waals surface area contributed by atoms with Gasteiger partial charge in [-0.25, -0.2) is 4.79 Å². The van der Waals surface area contributed by atoms with Gasteiger partial charge in [-0.05, 0) is 12.1 Å². The van der Waals surface area contributed by atoms with E-state index in [2.05, 4.69) is 15.3 Å². The van der Waals surface area contributed by atoms with Crippen LogP contribution in [0.5, 0.6) is 0 Å². The van der Waals surface area contributed by atoms with Crippen LogP contribution in [0.3, 0.4) is 0 Å². The lowest BCUT2D eigenvalue weighted by Gasteiger charge is -2.12. The van der Waals surface area contributed by atoms with Crippen molar-refractivity contribution >= 4 is 17.1 Å². The van der Waals surface area contributed by atoms with Crippen molar-refractivity contribution in [1.29, 1.82) is 0 Å². The van der Waals surface area contributed by atoms with E-state index < -0.39 is 24.0 Å². The van der Waals surface area contributed by atoms with Crippen LogP contribution in [0.25, 0.3) is 11.2 Å². The molecular formula is C14H17N5O5. The van der Waals surface area contributed by atoms with Crippen LogP contribution in [0, 0.1) is 0 Å². The van der Waals surface area contributed by atoms with E-state index in [0.29, 0.717) is 12.3 Å². The van der Waals surface area contributed by atoms with Gasteiger partial charge >= 0.3 is 5.69 Å². The van der Waals surface area contributed by atoms with Gasteiger partial charge in [0.05, 0.1) is 32.1 Å². The summed E-state index contributed by atoms with van der Waals surface area (Å²) in [5.41, 5.74) is -0.892. The second-order valence-corrected chi connectivity index (χ2v) is 5.31. The van der Waals surface area contributed by atoms with Crippen LogP contribution in [-0.2, 0) is 20.1 Å². The summed E-state index contributed by atoms with van der Waals surface area (Å²) in [6.07, 6.45) is 0.451. The van der Waals surface area contributed by atoms with Crippen LogP contribution in [-0.4, -0.2) is 42.0 Å². The van der Waals surface area contributed by atoms with Gasteiger partial charge in [-0.2, -0.15) is 4.98 Å². The smallest absolute Gasteiger partial charge is 0.329 e. The topological polar surface area (TPSA) is 138 Å². The van der Waals surface area contributed by atoms with Crippen LogP contribution >= 0.6 is 0 Å². The zero-order valence-electron chi connectivity index (χ0n) is 12.9. The molecule has 0 bridgehead atoms. The third-order valence-electron chi connectivity index (χ3n) is 3.61. The van der Waals surface area contributed by atoms with E-state index in [1.165, 1.54) is 22.4 Å². The summed E-state index contributed by atoms with van der Waals surface area (Å²) in [6, 6.07) is 3.51. The Kier molecular flexibility index (Phi) is 4.23. The Balaban J connectivity index is 2.10. The Bertz CT molecular complexity index is 952. The predicted octanol–water partition coefficient (Wildman–Crippen LogP) is -1.02. The zero-order chi connectivity index (χ0) is 17.3. The quantitative estimate of drug-likeness (QED) is 0.452. The third kappa shape index (κ3) is 2.84. The number of hydrogen-bond donors (Lipinski definition) is 4. The average Bonchev–Trinajstić information content (AvgIpc) is 3.18. The van der Waals surface area contributed by atoms with E-state index in [0.717, 1.165) is 0 Å². The summed E-state index contributed by atoms with van der Waals surface area (Å²) < 4.78 is 7.86. The molecule has 0 saturated carbocycles. The fraction of sp³-hybridized carbons (Fsp3) is 0.357. The molecule has 24 heavy (non-hydrogen) atoms. The van der Waals surface area contributed by atoms with E-state index >= 15 is 0 Å². The molecule has 0 aliphatic rings. The molecule has 3 aromatic rings. The lowest BCUT2D eigenvalue weighted by atomic mass is 10.3. The van der Waals surface area contributed by atoms with Gasteiger partial charge in [-0.3, -0.25) is 14.3 Å². The van der Waals surface area contributed by atoms with E-state index in [9.17, 15) is 14.7 Å². The Hall–Kier alpha value is -2.85. The molecule has 0 aromatic carbocycles. The summed E-state index contributed by atoms with van der Waals surface area (Å²) in [7, 11) is 1.48. The summed E-state index contributed by atoms with van der Waals surface area (Å²) >= 11 is 0. The number of aliphatic hydroxyl groups excluding tert-OH is 2. The molecule has 0 fully saturated rings. The average molecular weight is 335 g/mol. The number of nitrogens with one attached hydrogen (secondary N) is 2. The number of aryl methyl sites for hydroxylation is 1. The predicted molar refractivity (Wildman–Crippen MR) is 84.7 cm³/mol.